The summed E-state index contributed by atoms with van der Waals surface area (Å²) in [5.41, 5.74) is 1.82. The SMILES string of the molecule is CC(Nc1ccc(C#N)cc1F)c1ccc(I)cc1. The molecule has 0 aromatic heterocycles. The predicted molar refractivity (Wildman–Crippen MR) is 82.3 cm³/mol. The minimum atomic E-state index is -0.406. The van der Waals surface area contributed by atoms with Gasteiger partial charge in [-0.15, -0.1) is 0 Å². The Labute approximate surface area is 125 Å². The second-order valence-electron chi connectivity index (χ2n) is 4.22. The van der Waals surface area contributed by atoms with E-state index in [-0.39, 0.29) is 6.04 Å². The molecule has 0 saturated carbocycles. The van der Waals surface area contributed by atoms with Crippen LogP contribution >= 0.6 is 22.6 Å². The summed E-state index contributed by atoms with van der Waals surface area (Å²) in [6, 6.07) is 14.4. The van der Waals surface area contributed by atoms with Gasteiger partial charge in [-0.05, 0) is 65.4 Å². The van der Waals surface area contributed by atoms with Crippen LogP contribution in [-0.4, -0.2) is 0 Å². The third-order valence-electron chi connectivity index (χ3n) is 2.84. The maximum Gasteiger partial charge on any atom is 0.147 e. The maximum absolute atomic E-state index is 13.8. The van der Waals surface area contributed by atoms with Gasteiger partial charge in [-0.2, -0.15) is 5.26 Å². The number of hydrogen-bond donors (Lipinski definition) is 1. The molecule has 96 valence electrons. The normalized spacial score (nSPS) is 11.7. The first kappa shape index (κ1) is 13.8. The number of nitriles is 1. The van der Waals surface area contributed by atoms with Crippen molar-refractivity contribution in [2.45, 2.75) is 13.0 Å². The van der Waals surface area contributed by atoms with E-state index in [0.29, 0.717) is 11.3 Å². The molecule has 0 heterocycles. The highest BCUT2D eigenvalue weighted by Gasteiger charge is 2.09. The van der Waals surface area contributed by atoms with Crippen LogP contribution in [0.4, 0.5) is 10.1 Å². The molecule has 0 radical (unpaired) electrons. The summed E-state index contributed by atoms with van der Waals surface area (Å²) in [4.78, 5) is 0. The van der Waals surface area contributed by atoms with Crippen molar-refractivity contribution in [1.29, 1.82) is 5.26 Å². The van der Waals surface area contributed by atoms with Crippen LogP contribution in [0.5, 0.6) is 0 Å². The highest BCUT2D eigenvalue weighted by atomic mass is 127. The number of anilines is 1. The number of halogens is 2. The molecule has 0 aliphatic rings. The van der Waals surface area contributed by atoms with Crippen LogP contribution in [0.25, 0.3) is 0 Å². The molecule has 0 aliphatic carbocycles. The fourth-order valence-electron chi connectivity index (χ4n) is 1.77. The molecule has 1 unspecified atom stereocenters. The summed E-state index contributed by atoms with van der Waals surface area (Å²) in [6.07, 6.45) is 0. The number of nitrogens with zero attached hydrogens (tertiary/aromatic N) is 1. The molecule has 2 aromatic carbocycles. The second-order valence-corrected chi connectivity index (χ2v) is 5.47. The topological polar surface area (TPSA) is 35.8 Å². The largest absolute Gasteiger partial charge is 0.376 e. The Morgan fingerprint density at radius 2 is 1.89 bits per heavy atom. The lowest BCUT2D eigenvalue weighted by molar-refractivity contribution is 0.627. The molecular weight excluding hydrogens is 354 g/mol. The van der Waals surface area contributed by atoms with Gasteiger partial charge in [0.25, 0.3) is 0 Å². The van der Waals surface area contributed by atoms with Gasteiger partial charge in [0.05, 0.1) is 17.3 Å². The molecule has 0 saturated heterocycles. The smallest absolute Gasteiger partial charge is 0.147 e. The molecule has 0 fully saturated rings. The average Bonchev–Trinajstić information content (AvgIpc) is 2.41. The summed E-state index contributed by atoms with van der Waals surface area (Å²) in [7, 11) is 0. The Balaban J connectivity index is 2.17. The van der Waals surface area contributed by atoms with Crippen molar-refractivity contribution >= 4 is 28.3 Å². The molecule has 2 aromatic rings. The van der Waals surface area contributed by atoms with Gasteiger partial charge in [-0.3, -0.25) is 0 Å². The van der Waals surface area contributed by atoms with Gasteiger partial charge in [0.2, 0.25) is 0 Å². The minimum Gasteiger partial charge on any atom is -0.376 e. The Bertz CT molecular complexity index is 617. The second kappa shape index (κ2) is 6.02. The quantitative estimate of drug-likeness (QED) is 0.814. The molecule has 19 heavy (non-hydrogen) atoms. The van der Waals surface area contributed by atoms with Crippen molar-refractivity contribution in [3.8, 4) is 6.07 Å². The van der Waals surface area contributed by atoms with Gasteiger partial charge in [-0.25, -0.2) is 4.39 Å². The molecular formula is C15H12FIN2. The van der Waals surface area contributed by atoms with Crippen molar-refractivity contribution in [1.82, 2.24) is 0 Å². The van der Waals surface area contributed by atoms with Crippen LogP contribution in [0, 0.1) is 20.7 Å². The van der Waals surface area contributed by atoms with Crippen molar-refractivity contribution in [2.75, 3.05) is 5.32 Å². The van der Waals surface area contributed by atoms with E-state index >= 15 is 0 Å². The van der Waals surface area contributed by atoms with E-state index in [1.807, 2.05) is 37.3 Å². The van der Waals surface area contributed by atoms with E-state index in [1.165, 1.54) is 6.07 Å². The van der Waals surface area contributed by atoms with E-state index in [2.05, 4.69) is 27.9 Å². The van der Waals surface area contributed by atoms with Crippen molar-refractivity contribution in [3.05, 3.63) is 63.0 Å². The van der Waals surface area contributed by atoms with Gasteiger partial charge in [0, 0.05) is 9.61 Å². The zero-order valence-electron chi connectivity index (χ0n) is 10.3. The van der Waals surface area contributed by atoms with Gasteiger partial charge in [-0.1, -0.05) is 12.1 Å². The molecule has 0 spiro atoms. The summed E-state index contributed by atoms with van der Waals surface area (Å²) >= 11 is 2.25. The lowest BCUT2D eigenvalue weighted by atomic mass is 10.1. The summed E-state index contributed by atoms with van der Waals surface area (Å²) in [5, 5.41) is 11.8. The number of rotatable bonds is 3. The Morgan fingerprint density at radius 1 is 1.21 bits per heavy atom. The first-order chi connectivity index (χ1) is 9.10. The highest BCUT2D eigenvalue weighted by molar-refractivity contribution is 14.1. The lowest BCUT2D eigenvalue weighted by Gasteiger charge is -2.16. The summed E-state index contributed by atoms with van der Waals surface area (Å²) < 4.78 is 14.9. The van der Waals surface area contributed by atoms with Crippen molar-refractivity contribution < 1.29 is 4.39 Å². The van der Waals surface area contributed by atoms with E-state index in [4.69, 9.17) is 5.26 Å². The molecule has 0 bridgehead atoms. The molecule has 2 nitrogen and oxygen atoms in total. The zero-order valence-corrected chi connectivity index (χ0v) is 12.5. The molecule has 1 atom stereocenters. The van der Waals surface area contributed by atoms with Crippen LogP contribution in [0.1, 0.15) is 24.1 Å². The standard InChI is InChI=1S/C15H12FIN2/c1-10(12-3-5-13(17)6-4-12)19-15-7-2-11(9-18)8-14(15)16/h2-8,10,19H,1H3. The minimum absolute atomic E-state index is 0.000522. The van der Waals surface area contributed by atoms with E-state index in [0.717, 1.165) is 9.13 Å². The van der Waals surface area contributed by atoms with Crippen LogP contribution < -0.4 is 5.32 Å². The van der Waals surface area contributed by atoms with E-state index < -0.39 is 5.82 Å². The maximum atomic E-state index is 13.8. The Morgan fingerprint density at radius 3 is 2.47 bits per heavy atom. The Kier molecular flexibility index (Phi) is 4.38. The van der Waals surface area contributed by atoms with Gasteiger partial charge in [0.1, 0.15) is 5.82 Å². The molecule has 4 heteroatoms. The third kappa shape index (κ3) is 3.44. The van der Waals surface area contributed by atoms with Crippen molar-refractivity contribution in [3.63, 3.8) is 0 Å². The lowest BCUT2D eigenvalue weighted by Crippen LogP contribution is -2.08. The van der Waals surface area contributed by atoms with Gasteiger partial charge < -0.3 is 5.32 Å². The van der Waals surface area contributed by atoms with E-state index in [1.54, 1.807) is 12.1 Å². The number of nitrogens with one attached hydrogen (secondary N) is 1. The fourth-order valence-corrected chi connectivity index (χ4v) is 2.13. The van der Waals surface area contributed by atoms with Crippen LogP contribution in [0.2, 0.25) is 0 Å². The predicted octanol–water partition coefficient (Wildman–Crippen LogP) is 4.48. The Hall–Kier alpha value is -1.61. The third-order valence-corrected chi connectivity index (χ3v) is 3.56. The summed E-state index contributed by atoms with van der Waals surface area (Å²) in [6.45, 7) is 1.97. The highest BCUT2D eigenvalue weighted by Crippen LogP contribution is 2.23. The first-order valence-electron chi connectivity index (χ1n) is 5.82. The molecule has 2 rings (SSSR count). The molecule has 1 N–H and O–H groups in total. The van der Waals surface area contributed by atoms with Crippen LogP contribution in [0.3, 0.4) is 0 Å². The molecule has 0 amide bonds. The molecule has 0 aliphatic heterocycles. The van der Waals surface area contributed by atoms with Gasteiger partial charge in [0.15, 0.2) is 0 Å². The van der Waals surface area contributed by atoms with Crippen LogP contribution in [0.15, 0.2) is 42.5 Å². The average molecular weight is 366 g/mol. The first-order valence-corrected chi connectivity index (χ1v) is 6.89. The number of hydrogen-bond acceptors (Lipinski definition) is 2. The monoisotopic (exact) mass is 366 g/mol. The van der Waals surface area contributed by atoms with Crippen molar-refractivity contribution in [2.24, 2.45) is 0 Å². The number of benzene rings is 2. The van der Waals surface area contributed by atoms with Gasteiger partial charge >= 0.3 is 0 Å². The van der Waals surface area contributed by atoms with Crippen LogP contribution in [-0.2, 0) is 0 Å². The fraction of sp³-hybridized carbons (Fsp3) is 0.133. The summed E-state index contributed by atoms with van der Waals surface area (Å²) in [5.74, 6) is -0.406. The van der Waals surface area contributed by atoms with E-state index in [9.17, 15) is 4.39 Å². The zero-order chi connectivity index (χ0) is 13.8.